The van der Waals surface area contributed by atoms with Gasteiger partial charge in [0.05, 0.1) is 0 Å². The van der Waals surface area contributed by atoms with Crippen molar-refractivity contribution in [3.8, 4) is 0 Å². The van der Waals surface area contributed by atoms with Gasteiger partial charge in [0.15, 0.2) is 0 Å². The number of hydrogen-bond acceptors (Lipinski definition) is 5. The van der Waals surface area contributed by atoms with Crippen LogP contribution < -0.4 is 5.73 Å². The van der Waals surface area contributed by atoms with Crippen LogP contribution in [0.4, 0.5) is 0 Å². The van der Waals surface area contributed by atoms with Gasteiger partial charge in [-0.05, 0) is 24.0 Å². The van der Waals surface area contributed by atoms with E-state index in [4.69, 9.17) is 15.2 Å². The van der Waals surface area contributed by atoms with Crippen LogP contribution in [0.3, 0.4) is 0 Å². The molecule has 0 fully saturated rings. The maximum atomic E-state index is 6.25. The molecule has 0 bridgehead atoms. The van der Waals surface area contributed by atoms with Gasteiger partial charge in [-0.2, -0.15) is 0 Å². The average molecular weight is 480 g/mol. The zero-order valence-corrected chi connectivity index (χ0v) is 23.4. The summed E-state index contributed by atoms with van der Waals surface area (Å²) in [4.78, 5) is 9.20. The normalized spacial score (nSPS) is 13.1. The highest BCUT2D eigenvalue weighted by atomic mass is 28.3. The van der Waals surface area contributed by atoms with Crippen molar-refractivity contribution in [1.29, 1.82) is 0 Å². The molecule has 0 saturated carbocycles. The van der Waals surface area contributed by atoms with Crippen molar-refractivity contribution in [1.82, 2.24) is 19.1 Å². The molecule has 0 aliphatic heterocycles. The van der Waals surface area contributed by atoms with Crippen molar-refractivity contribution < 1.29 is 9.47 Å². The summed E-state index contributed by atoms with van der Waals surface area (Å²) in [6.45, 7) is 19.7. The first-order chi connectivity index (χ1) is 14.9. The maximum absolute atomic E-state index is 6.25. The summed E-state index contributed by atoms with van der Waals surface area (Å²) < 4.78 is 16.1. The molecule has 0 unspecified atom stereocenters. The zero-order valence-electron chi connectivity index (χ0n) is 21.4. The van der Waals surface area contributed by atoms with Gasteiger partial charge in [0.1, 0.15) is 25.1 Å². The van der Waals surface area contributed by atoms with E-state index in [0.717, 1.165) is 37.7 Å². The Hall–Kier alpha value is -1.27. The Morgan fingerprint density at radius 2 is 1.22 bits per heavy atom. The number of nitrogens with two attached hydrogens (primary N) is 1. The number of imidazole rings is 2. The fourth-order valence-corrected chi connectivity index (χ4v) is 4.82. The van der Waals surface area contributed by atoms with Gasteiger partial charge in [-0.3, -0.25) is 0 Å². The largest absolute Gasteiger partial charge is 0.361 e. The number of rotatable bonds is 15. The van der Waals surface area contributed by atoms with E-state index in [1.807, 2.05) is 24.8 Å². The minimum atomic E-state index is -1.08. The van der Waals surface area contributed by atoms with Crippen LogP contribution in [-0.2, 0) is 35.8 Å². The Morgan fingerprint density at radius 3 is 1.56 bits per heavy atom. The van der Waals surface area contributed by atoms with Crippen LogP contribution in [0.5, 0.6) is 0 Å². The van der Waals surface area contributed by atoms with E-state index in [-0.39, 0.29) is 5.41 Å². The fraction of sp³-hybridized carbons (Fsp3) is 0.739. The van der Waals surface area contributed by atoms with Gasteiger partial charge in [-0.1, -0.05) is 46.2 Å². The van der Waals surface area contributed by atoms with Gasteiger partial charge in [0, 0.05) is 67.0 Å². The Balaban J connectivity index is 1.94. The first kappa shape index (κ1) is 27.0. The molecule has 182 valence electrons. The third-order valence-corrected chi connectivity index (χ3v) is 9.13. The molecule has 0 amide bonds. The molecule has 2 aromatic heterocycles. The standard InChI is InChI=1S/C23H45N5O2Si2/c1-23(18-24,16-21-25-8-10-27(21)19-29-12-14-31(2,3)4)17-22-26-9-11-28(22)20-30-13-15-32(5,6)7/h8-11H,12-20,24H2,1-7H3. The van der Waals surface area contributed by atoms with Crippen LogP contribution in [0.2, 0.25) is 51.4 Å². The predicted molar refractivity (Wildman–Crippen MR) is 137 cm³/mol. The van der Waals surface area contributed by atoms with E-state index >= 15 is 0 Å². The first-order valence-corrected chi connectivity index (χ1v) is 19.2. The molecule has 0 atom stereocenters. The lowest BCUT2D eigenvalue weighted by Gasteiger charge is -2.28. The smallest absolute Gasteiger partial charge is 0.123 e. The molecule has 0 radical (unpaired) electrons. The monoisotopic (exact) mass is 479 g/mol. The van der Waals surface area contributed by atoms with Gasteiger partial charge in [0.25, 0.3) is 0 Å². The topological polar surface area (TPSA) is 80.1 Å². The molecule has 0 aromatic carbocycles. The summed E-state index contributed by atoms with van der Waals surface area (Å²) in [5.41, 5.74) is 6.10. The maximum Gasteiger partial charge on any atom is 0.123 e. The minimum Gasteiger partial charge on any atom is -0.361 e. The van der Waals surface area contributed by atoms with Crippen molar-refractivity contribution in [2.24, 2.45) is 11.1 Å². The highest BCUT2D eigenvalue weighted by Crippen LogP contribution is 2.26. The molecule has 2 heterocycles. The lowest BCUT2D eigenvalue weighted by atomic mass is 9.82. The Labute approximate surface area is 196 Å². The predicted octanol–water partition coefficient (Wildman–Crippen LogP) is 4.45. The third kappa shape index (κ3) is 9.70. The Bertz CT molecular complexity index is 746. The molecule has 32 heavy (non-hydrogen) atoms. The van der Waals surface area contributed by atoms with E-state index in [1.165, 1.54) is 12.1 Å². The quantitative estimate of drug-likeness (QED) is 0.301. The van der Waals surface area contributed by atoms with Crippen LogP contribution >= 0.6 is 0 Å². The second kappa shape index (κ2) is 11.7. The zero-order chi connectivity index (χ0) is 23.8. The molecule has 0 aliphatic rings. The molecule has 2 N–H and O–H groups in total. The SMILES string of the molecule is CC(CN)(Cc1nccn1COCC[Si](C)(C)C)Cc1nccn1COCC[Si](C)(C)C. The van der Waals surface area contributed by atoms with E-state index in [9.17, 15) is 0 Å². The van der Waals surface area contributed by atoms with Crippen LogP contribution in [-0.4, -0.2) is 55.0 Å². The van der Waals surface area contributed by atoms with E-state index in [2.05, 4.69) is 65.3 Å². The van der Waals surface area contributed by atoms with Gasteiger partial charge < -0.3 is 24.3 Å². The van der Waals surface area contributed by atoms with Crippen molar-refractivity contribution in [3.05, 3.63) is 36.4 Å². The third-order valence-electron chi connectivity index (χ3n) is 5.72. The van der Waals surface area contributed by atoms with Crippen molar-refractivity contribution >= 4 is 16.1 Å². The minimum absolute atomic E-state index is 0.150. The van der Waals surface area contributed by atoms with E-state index < -0.39 is 16.1 Å². The Morgan fingerprint density at radius 1 is 0.812 bits per heavy atom. The number of ether oxygens (including phenoxy) is 2. The molecule has 9 heteroatoms. The second-order valence-corrected chi connectivity index (χ2v) is 22.9. The number of aromatic nitrogens is 4. The molecular weight excluding hydrogens is 434 g/mol. The van der Waals surface area contributed by atoms with Crippen molar-refractivity contribution in [2.45, 2.75) is 84.6 Å². The molecule has 2 aromatic rings. The molecule has 0 saturated heterocycles. The summed E-state index contributed by atoms with van der Waals surface area (Å²) in [7, 11) is -2.17. The van der Waals surface area contributed by atoms with Crippen molar-refractivity contribution in [2.75, 3.05) is 19.8 Å². The average Bonchev–Trinajstić information content (AvgIpc) is 3.30. The van der Waals surface area contributed by atoms with Gasteiger partial charge >= 0.3 is 0 Å². The highest BCUT2D eigenvalue weighted by molar-refractivity contribution is 6.76. The van der Waals surface area contributed by atoms with E-state index in [1.54, 1.807) is 0 Å². The fourth-order valence-electron chi connectivity index (χ4n) is 3.30. The van der Waals surface area contributed by atoms with Crippen LogP contribution in [0.1, 0.15) is 18.6 Å². The second-order valence-electron chi connectivity index (χ2n) is 11.7. The first-order valence-electron chi connectivity index (χ1n) is 11.8. The van der Waals surface area contributed by atoms with Crippen molar-refractivity contribution in [3.63, 3.8) is 0 Å². The summed E-state index contributed by atoms with van der Waals surface area (Å²) in [5.74, 6) is 2.02. The van der Waals surface area contributed by atoms with Crippen LogP contribution in [0, 0.1) is 5.41 Å². The summed E-state index contributed by atoms with van der Waals surface area (Å²) in [6.07, 6.45) is 9.24. The summed E-state index contributed by atoms with van der Waals surface area (Å²) in [6, 6.07) is 2.33. The molecule has 0 spiro atoms. The molecule has 7 nitrogen and oxygen atoms in total. The Kier molecular flexibility index (Phi) is 9.90. The lowest BCUT2D eigenvalue weighted by molar-refractivity contribution is 0.0819. The van der Waals surface area contributed by atoms with Gasteiger partial charge in [-0.25, -0.2) is 9.97 Å². The molecule has 2 rings (SSSR count). The number of hydrogen-bond donors (Lipinski definition) is 1. The van der Waals surface area contributed by atoms with Crippen LogP contribution in [0.15, 0.2) is 24.8 Å². The molecule has 0 aliphatic carbocycles. The van der Waals surface area contributed by atoms with Gasteiger partial charge in [0.2, 0.25) is 0 Å². The summed E-state index contributed by atoms with van der Waals surface area (Å²) >= 11 is 0. The van der Waals surface area contributed by atoms with Crippen LogP contribution in [0.25, 0.3) is 0 Å². The number of nitrogens with zero attached hydrogens (tertiary/aromatic N) is 4. The summed E-state index contributed by atoms with van der Waals surface area (Å²) in [5, 5.41) is 0. The molecular formula is C23H45N5O2Si2. The lowest BCUT2D eigenvalue weighted by Crippen LogP contribution is -2.34. The van der Waals surface area contributed by atoms with Gasteiger partial charge in [-0.15, -0.1) is 0 Å². The van der Waals surface area contributed by atoms with E-state index in [0.29, 0.717) is 20.0 Å². The highest BCUT2D eigenvalue weighted by Gasteiger charge is 2.28.